The van der Waals surface area contributed by atoms with Crippen molar-refractivity contribution in [1.82, 2.24) is 5.32 Å². The first kappa shape index (κ1) is 13.3. The molecule has 100 valence electrons. The molecule has 0 bridgehead atoms. The van der Waals surface area contributed by atoms with Gasteiger partial charge in [0.2, 0.25) is 0 Å². The summed E-state index contributed by atoms with van der Waals surface area (Å²) in [7, 11) is 0. The molecule has 1 heterocycles. The highest BCUT2D eigenvalue weighted by atomic mass is 16.5. The van der Waals surface area contributed by atoms with Crippen LogP contribution in [-0.2, 0) is 4.74 Å². The number of aliphatic hydroxyl groups excluding tert-OH is 1. The molecule has 0 spiro atoms. The van der Waals surface area contributed by atoms with E-state index in [4.69, 9.17) is 9.84 Å². The van der Waals surface area contributed by atoms with Crippen LogP contribution in [0.2, 0.25) is 0 Å². The minimum atomic E-state index is -0.00433. The van der Waals surface area contributed by atoms with E-state index < -0.39 is 0 Å². The number of hydrogen-bond acceptors (Lipinski definition) is 3. The van der Waals surface area contributed by atoms with Crippen LogP contribution < -0.4 is 5.32 Å². The van der Waals surface area contributed by atoms with E-state index in [1.165, 1.54) is 32.1 Å². The van der Waals surface area contributed by atoms with Gasteiger partial charge < -0.3 is 15.2 Å². The maximum Gasteiger partial charge on any atom is 0.0546 e. The van der Waals surface area contributed by atoms with Crippen molar-refractivity contribution in [1.29, 1.82) is 0 Å². The molecule has 0 aromatic carbocycles. The summed E-state index contributed by atoms with van der Waals surface area (Å²) in [5.74, 6) is 1.66. The fraction of sp³-hybridized carbons (Fsp3) is 1.00. The molecular formula is C14H27NO2. The number of nitrogens with one attached hydrogen (secondary N) is 1. The van der Waals surface area contributed by atoms with Gasteiger partial charge in [-0.25, -0.2) is 0 Å². The Morgan fingerprint density at radius 2 is 1.82 bits per heavy atom. The summed E-state index contributed by atoms with van der Waals surface area (Å²) in [6.45, 7) is 4.21. The smallest absolute Gasteiger partial charge is 0.0546 e. The van der Waals surface area contributed by atoms with Crippen molar-refractivity contribution in [2.45, 2.75) is 51.0 Å². The van der Waals surface area contributed by atoms with Gasteiger partial charge in [0.15, 0.2) is 0 Å². The van der Waals surface area contributed by atoms with Crippen LogP contribution in [-0.4, -0.2) is 37.5 Å². The molecule has 0 aromatic rings. The van der Waals surface area contributed by atoms with E-state index in [0.29, 0.717) is 0 Å². The van der Waals surface area contributed by atoms with Crippen molar-refractivity contribution in [3.63, 3.8) is 0 Å². The monoisotopic (exact) mass is 241 g/mol. The molecule has 1 aliphatic carbocycles. The molecule has 1 saturated heterocycles. The lowest BCUT2D eigenvalue weighted by molar-refractivity contribution is 0.0430. The molecule has 1 aliphatic heterocycles. The van der Waals surface area contributed by atoms with Crippen LogP contribution in [0.25, 0.3) is 0 Å². The number of ether oxygens (including phenoxy) is 1. The van der Waals surface area contributed by atoms with Gasteiger partial charge in [-0.3, -0.25) is 0 Å². The van der Waals surface area contributed by atoms with Crippen molar-refractivity contribution in [3.05, 3.63) is 0 Å². The molecule has 1 saturated carbocycles. The molecule has 17 heavy (non-hydrogen) atoms. The summed E-state index contributed by atoms with van der Waals surface area (Å²) < 4.78 is 5.37. The van der Waals surface area contributed by atoms with Crippen molar-refractivity contribution in [3.8, 4) is 0 Å². The van der Waals surface area contributed by atoms with Gasteiger partial charge >= 0.3 is 0 Å². The standard InChI is InChI=1S/C14H27NO2/c16-14-9-13(10-14)11-15-6-2-1-3-12-4-7-17-8-5-12/h12-16H,1-11H2. The Morgan fingerprint density at radius 3 is 2.53 bits per heavy atom. The van der Waals surface area contributed by atoms with Gasteiger partial charge in [0.05, 0.1) is 6.10 Å². The Kier molecular flexibility index (Phi) is 5.75. The van der Waals surface area contributed by atoms with Gasteiger partial charge in [-0.2, -0.15) is 0 Å². The van der Waals surface area contributed by atoms with Crippen LogP contribution in [0.3, 0.4) is 0 Å². The summed E-state index contributed by atoms with van der Waals surface area (Å²) >= 11 is 0. The predicted molar refractivity (Wildman–Crippen MR) is 69.0 cm³/mol. The molecule has 2 aliphatic rings. The predicted octanol–water partition coefficient (Wildman–Crippen LogP) is 1.94. The second kappa shape index (κ2) is 7.34. The van der Waals surface area contributed by atoms with Gasteiger partial charge in [0.1, 0.15) is 0 Å². The zero-order valence-electron chi connectivity index (χ0n) is 10.9. The van der Waals surface area contributed by atoms with Gasteiger partial charge in [-0.05, 0) is 57.0 Å². The Balaban J connectivity index is 1.36. The molecule has 2 N–H and O–H groups in total. The van der Waals surface area contributed by atoms with E-state index in [0.717, 1.165) is 51.0 Å². The van der Waals surface area contributed by atoms with E-state index in [9.17, 15) is 0 Å². The van der Waals surface area contributed by atoms with Crippen molar-refractivity contribution < 1.29 is 9.84 Å². The summed E-state index contributed by atoms with van der Waals surface area (Å²) in [6, 6.07) is 0. The molecule has 2 fully saturated rings. The summed E-state index contributed by atoms with van der Waals surface area (Å²) in [5, 5.41) is 12.7. The van der Waals surface area contributed by atoms with Crippen LogP contribution >= 0.6 is 0 Å². The molecule has 2 rings (SSSR count). The van der Waals surface area contributed by atoms with E-state index >= 15 is 0 Å². The number of unbranched alkanes of at least 4 members (excludes halogenated alkanes) is 1. The van der Waals surface area contributed by atoms with E-state index in [-0.39, 0.29) is 6.10 Å². The highest BCUT2D eigenvalue weighted by Crippen LogP contribution is 2.26. The van der Waals surface area contributed by atoms with Gasteiger partial charge in [0, 0.05) is 13.2 Å². The third-order valence-electron chi connectivity index (χ3n) is 4.20. The molecule has 0 radical (unpaired) electrons. The van der Waals surface area contributed by atoms with Gasteiger partial charge in [0.25, 0.3) is 0 Å². The second-order valence-electron chi connectivity index (χ2n) is 5.75. The van der Waals surface area contributed by atoms with Crippen molar-refractivity contribution >= 4 is 0 Å². The molecular weight excluding hydrogens is 214 g/mol. The zero-order chi connectivity index (χ0) is 11.9. The SMILES string of the molecule is OC1CC(CNCCCCC2CCOCC2)C1. The lowest BCUT2D eigenvalue weighted by Gasteiger charge is -2.31. The first-order valence-electron chi connectivity index (χ1n) is 7.31. The van der Waals surface area contributed by atoms with E-state index in [1.807, 2.05) is 0 Å². The average molecular weight is 241 g/mol. The fourth-order valence-corrected chi connectivity index (χ4v) is 2.89. The van der Waals surface area contributed by atoms with Gasteiger partial charge in [-0.15, -0.1) is 0 Å². The Bertz CT molecular complexity index is 198. The summed E-state index contributed by atoms with van der Waals surface area (Å²) in [4.78, 5) is 0. The number of aliphatic hydroxyl groups is 1. The third-order valence-corrected chi connectivity index (χ3v) is 4.20. The minimum absolute atomic E-state index is 0.00433. The molecule has 3 heteroatoms. The van der Waals surface area contributed by atoms with Crippen LogP contribution in [0.5, 0.6) is 0 Å². The first-order valence-corrected chi connectivity index (χ1v) is 7.31. The minimum Gasteiger partial charge on any atom is -0.393 e. The van der Waals surface area contributed by atoms with Crippen molar-refractivity contribution in [2.24, 2.45) is 11.8 Å². The quantitative estimate of drug-likeness (QED) is 0.669. The summed E-state index contributed by atoms with van der Waals surface area (Å²) in [5.41, 5.74) is 0. The average Bonchev–Trinajstić information content (AvgIpc) is 2.32. The van der Waals surface area contributed by atoms with Crippen molar-refractivity contribution in [2.75, 3.05) is 26.3 Å². The molecule has 0 aromatic heterocycles. The highest BCUT2D eigenvalue weighted by molar-refractivity contribution is 4.79. The third kappa shape index (κ3) is 4.94. The Morgan fingerprint density at radius 1 is 1.06 bits per heavy atom. The number of hydrogen-bond donors (Lipinski definition) is 2. The zero-order valence-corrected chi connectivity index (χ0v) is 10.9. The first-order chi connectivity index (χ1) is 8.34. The number of rotatable bonds is 7. The molecule has 0 atom stereocenters. The van der Waals surface area contributed by atoms with Gasteiger partial charge in [-0.1, -0.05) is 12.8 Å². The maximum atomic E-state index is 9.17. The van der Waals surface area contributed by atoms with E-state index in [2.05, 4.69) is 5.32 Å². The maximum absolute atomic E-state index is 9.17. The lowest BCUT2D eigenvalue weighted by atomic mass is 9.82. The fourth-order valence-electron chi connectivity index (χ4n) is 2.89. The van der Waals surface area contributed by atoms with Crippen LogP contribution in [0.1, 0.15) is 44.9 Å². The highest BCUT2D eigenvalue weighted by Gasteiger charge is 2.26. The molecule has 0 unspecified atom stereocenters. The second-order valence-corrected chi connectivity index (χ2v) is 5.75. The normalized spacial score (nSPS) is 30.2. The largest absolute Gasteiger partial charge is 0.393 e. The Hall–Kier alpha value is -0.120. The molecule has 3 nitrogen and oxygen atoms in total. The van der Waals surface area contributed by atoms with Crippen LogP contribution in [0.4, 0.5) is 0 Å². The lowest BCUT2D eigenvalue weighted by Crippen LogP contribution is -2.36. The Labute approximate surface area is 105 Å². The van der Waals surface area contributed by atoms with E-state index in [1.54, 1.807) is 0 Å². The van der Waals surface area contributed by atoms with Crippen LogP contribution in [0.15, 0.2) is 0 Å². The topological polar surface area (TPSA) is 41.5 Å². The van der Waals surface area contributed by atoms with Crippen LogP contribution in [0, 0.1) is 11.8 Å². The molecule has 0 amide bonds. The summed E-state index contributed by atoms with van der Waals surface area (Å²) in [6.07, 6.45) is 8.59.